The standard InChI is InChI=1S/C17H22N2O2/c1-17(2)9-8-13(10-17)19-11-14(20)18-15(16(19)21)12-6-4-3-5-7-12/h3-7,13,15H,8-11H2,1-2H3,(H,18,20). The number of benzene rings is 1. The lowest BCUT2D eigenvalue weighted by atomic mass is 9.91. The normalized spacial score (nSPS) is 28.6. The van der Waals surface area contributed by atoms with Gasteiger partial charge < -0.3 is 10.2 Å². The van der Waals surface area contributed by atoms with Crippen molar-refractivity contribution in [2.24, 2.45) is 5.41 Å². The van der Waals surface area contributed by atoms with Crippen LogP contribution in [0.15, 0.2) is 30.3 Å². The summed E-state index contributed by atoms with van der Waals surface area (Å²) in [6.07, 6.45) is 3.08. The second-order valence-corrected chi connectivity index (χ2v) is 6.94. The molecule has 0 aromatic heterocycles. The van der Waals surface area contributed by atoms with Crippen molar-refractivity contribution in [2.75, 3.05) is 6.54 Å². The quantitative estimate of drug-likeness (QED) is 0.906. The highest BCUT2D eigenvalue weighted by Crippen LogP contribution is 2.40. The molecule has 0 radical (unpaired) electrons. The molecule has 1 aliphatic carbocycles. The maximum Gasteiger partial charge on any atom is 0.250 e. The van der Waals surface area contributed by atoms with Gasteiger partial charge in [-0.15, -0.1) is 0 Å². The van der Waals surface area contributed by atoms with Crippen LogP contribution in [0.2, 0.25) is 0 Å². The molecule has 4 nitrogen and oxygen atoms in total. The minimum Gasteiger partial charge on any atom is -0.339 e. The van der Waals surface area contributed by atoms with Gasteiger partial charge in [-0.05, 0) is 30.2 Å². The van der Waals surface area contributed by atoms with Gasteiger partial charge in [-0.2, -0.15) is 0 Å². The zero-order chi connectivity index (χ0) is 15.0. The fourth-order valence-corrected chi connectivity index (χ4v) is 3.51. The minimum atomic E-state index is -0.531. The second-order valence-electron chi connectivity index (χ2n) is 6.94. The molecule has 2 fully saturated rings. The molecule has 1 N–H and O–H groups in total. The van der Waals surface area contributed by atoms with Gasteiger partial charge in [-0.3, -0.25) is 9.59 Å². The predicted octanol–water partition coefficient (Wildman–Crippen LogP) is 2.26. The minimum absolute atomic E-state index is 0.0310. The van der Waals surface area contributed by atoms with Gasteiger partial charge in [-0.25, -0.2) is 0 Å². The van der Waals surface area contributed by atoms with Gasteiger partial charge >= 0.3 is 0 Å². The summed E-state index contributed by atoms with van der Waals surface area (Å²) < 4.78 is 0. The van der Waals surface area contributed by atoms with E-state index in [0.29, 0.717) is 0 Å². The van der Waals surface area contributed by atoms with Crippen LogP contribution in [-0.2, 0) is 9.59 Å². The number of nitrogens with zero attached hydrogens (tertiary/aromatic N) is 1. The number of nitrogens with one attached hydrogen (secondary N) is 1. The van der Waals surface area contributed by atoms with Gasteiger partial charge in [0.05, 0.1) is 6.54 Å². The van der Waals surface area contributed by atoms with Gasteiger partial charge in [-0.1, -0.05) is 44.2 Å². The van der Waals surface area contributed by atoms with Crippen molar-refractivity contribution < 1.29 is 9.59 Å². The summed E-state index contributed by atoms with van der Waals surface area (Å²) in [5, 5.41) is 2.83. The van der Waals surface area contributed by atoms with Crippen molar-refractivity contribution in [3.63, 3.8) is 0 Å². The molecule has 0 spiro atoms. The van der Waals surface area contributed by atoms with E-state index in [1.165, 1.54) is 0 Å². The first kappa shape index (κ1) is 14.1. The molecular weight excluding hydrogens is 264 g/mol. The molecular formula is C17H22N2O2. The lowest BCUT2D eigenvalue weighted by Crippen LogP contribution is -2.56. The Hall–Kier alpha value is -1.84. The van der Waals surface area contributed by atoms with Crippen LogP contribution in [0.4, 0.5) is 0 Å². The van der Waals surface area contributed by atoms with Gasteiger partial charge in [0, 0.05) is 6.04 Å². The topological polar surface area (TPSA) is 49.4 Å². The first-order valence-corrected chi connectivity index (χ1v) is 7.61. The lowest BCUT2D eigenvalue weighted by molar-refractivity contribution is -0.146. The van der Waals surface area contributed by atoms with Gasteiger partial charge in [0.1, 0.15) is 6.04 Å². The van der Waals surface area contributed by atoms with E-state index < -0.39 is 6.04 Å². The highest BCUT2D eigenvalue weighted by molar-refractivity contribution is 5.95. The van der Waals surface area contributed by atoms with Crippen molar-refractivity contribution in [1.82, 2.24) is 10.2 Å². The van der Waals surface area contributed by atoms with E-state index in [-0.39, 0.29) is 29.8 Å². The highest BCUT2D eigenvalue weighted by atomic mass is 16.2. The van der Waals surface area contributed by atoms with Crippen LogP contribution in [0, 0.1) is 5.41 Å². The summed E-state index contributed by atoms with van der Waals surface area (Å²) in [5.41, 5.74) is 1.12. The number of piperazine rings is 1. The van der Waals surface area contributed by atoms with E-state index in [1.807, 2.05) is 30.3 Å². The predicted molar refractivity (Wildman–Crippen MR) is 80.5 cm³/mol. The van der Waals surface area contributed by atoms with Crippen LogP contribution in [0.5, 0.6) is 0 Å². The molecule has 3 rings (SSSR count). The van der Waals surface area contributed by atoms with E-state index in [0.717, 1.165) is 24.8 Å². The van der Waals surface area contributed by atoms with Crippen LogP contribution in [0.25, 0.3) is 0 Å². The van der Waals surface area contributed by atoms with Crippen LogP contribution in [0.1, 0.15) is 44.7 Å². The average molecular weight is 286 g/mol. The Labute approximate surface area is 125 Å². The highest BCUT2D eigenvalue weighted by Gasteiger charge is 2.42. The largest absolute Gasteiger partial charge is 0.339 e. The third-order valence-electron chi connectivity index (χ3n) is 4.67. The fourth-order valence-electron chi connectivity index (χ4n) is 3.51. The maximum atomic E-state index is 12.8. The summed E-state index contributed by atoms with van der Waals surface area (Å²) in [5.74, 6) is -0.0309. The van der Waals surface area contributed by atoms with E-state index in [1.54, 1.807) is 4.90 Å². The van der Waals surface area contributed by atoms with E-state index in [2.05, 4.69) is 19.2 Å². The van der Waals surface area contributed by atoms with Crippen LogP contribution in [-0.4, -0.2) is 29.3 Å². The van der Waals surface area contributed by atoms with Crippen molar-refractivity contribution >= 4 is 11.8 Å². The van der Waals surface area contributed by atoms with Crippen LogP contribution in [0.3, 0.4) is 0 Å². The molecule has 1 aromatic rings. The summed E-state index contributed by atoms with van der Waals surface area (Å²) in [4.78, 5) is 26.6. The average Bonchev–Trinajstić information content (AvgIpc) is 2.82. The number of hydrogen-bond acceptors (Lipinski definition) is 2. The zero-order valence-corrected chi connectivity index (χ0v) is 12.6. The van der Waals surface area contributed by atoms with Crippen molar-refractivity contribution in [3.05, 3.63) is 35.9 Å². The number of rotatable bonds is 2. The number of amides is 2. The second kappa shape index (κ2) is 5.17. The molecule has 2 unspecified atom stereocenters. The molecule has 2 atom stereocenters. The Balaban J connectivity index is 1.83. The monoisotopic (exact) mass is 286 g/mol. The summed E-state index contributed by atoms with van der Waals surface area (Å²) in [6, 6.07) is 9.16. The lowest BCUT2D eigenvalue weighted by Gasteiger charge is -2.37. The molecule has 1 saturated heterocycles. The number of carbonyl (C=O) groups is 2. The van der Waals surface area contributed by atoms with Crippen LogP contribution >= 0.6 is 0 Å². The van der Waals surface area contributed by atoms with Crippen molar-refractivity contribution in [1.29, 1.82) is 0 Å². The molecule has 2 aliphatic rings. The molecule has 21 heavy (non-hydrogen) atoms. The molecule has 2 amide bonds. The molecule has 112 valence electrons. The Bertz CT molecular complexity index is 553. The van der Waals surface area contributed by atoms with Gasteiger partial charge in [0.15, 0.2) is 0 Å². The van der Waals surface area contributed by atoms with Crippen LogP contribution < -0.4 is 5.32 Å². The molecule has 4 heteroatoms. The molecule has 1 saturated carbocycles. The Morgan fingerprint density at radius 3 is 2.52 bits per heavy atom. The van der Waals surface area contributed by atoms with E-state index in [9.17, 15) is 9.59 Å². The Morgan fingerprint density at radius 1 is 1.19 bits per heavy atom. The number of carbonyl (C=O) groups excluding carboxylic acids is 2. The summed E-state index contributed by atoms with van der Waals surface area (Å²) >= 11 is 0. The maximum absolute atomic E-state index is 12.8. The molecule has 1 heterocycles. The zero-order valence-electron chi connectivity index (χ0n) is 12.6. The van der Waals surface area contributed by atoms with Crippen molar-refractivity contribution in [3.8, 4) is 0 Å². The van der Waals surface area contributed by atoms with E-state index in [4.69, 9.17) is 0 Å². The third kappa shape index (κ3) is 2.80. The molecule has 0 bridgehead atoms. The molecule has 1 aliphatic heterocycles. The summed E-state index contributed by atoms with van der Waals surface area (Å²) in [6.45, 7) is 4.66. The first-order chi connectivity index (χ1) is 9.96. The van der Waals surface area contributed by atoms with Crippen molar-refractivity contribution in [2.45, 2.75) is 45.2 Å². The SMILES string of the molecule is CC1(C)CCC(N2CC(=O)NC(c3ccccc3)C2=O)C1. The van der Waals surface area contributed by atoms with Gasteiger partial charge in [0.2, 0.25) is 5.91 Å². The molecule has 1 aromatic carbocycles. The Kier molecular flexibility index (Phi) is 3.47. The fraction of sp³-hybridized carbons (Fsp3) is 0.529. The smallest absolute Gasteiger partial charge is 0.250 e. The summed E-state index contributed by atoms with van der Waals surface area (Å²) in [7, 11) is 0. The van der Waals surface area contributed by atoms with Gasteiger partial charge in [0.25, 0.3) is 5.91 Å². The number of hydrogen-bond donors (Lipinski definition) is 1. The Morgan fingerprint density at radius 2 is 1.90 bits per heavy atom. The first-order valence-electron chi connectivity index (χ1n) is 7.61. The van der Waals surface area contributed by atoms with E-state index >= 15 is 0 Å². The third-order valence-corrected chi connectivity index (χ3v) is 4.67.